The molecule has 2 atom stereocenters. The monoisotopic (exact) mass is 524 g/mol. The largest absolute Gasteiger partial charge is 0.494 e. The minimum atomic E-state index is 0.0286. The summed E-state index contributed by atoms with van der Waals surface area (Å²) >= 11 is 0. The summed E-state index contributed by atoms with van der Waals surface area (Å²) in [6, 6.07) is 0.0286. The van der Waals surface area contributed by atoms with Crippen molar-refractivity contribution in [2.75, 3.05) is 20.3 Å². The van der Waals surface area contributed by atoms with Crippen molar-refractivity contribution in [2.45, 2.75) is 79.2 Å². The van der Waals surface area contributed by atoms with Gasteiger partial charge in [0.2, 0.25) is 0 Å². The summed E-state index contributed by atoms with van der Waals surface area (Å²) in [6.07, 6.45) is 23.0. The Morgan fingerprint density at radius 3 is 2.55 bits per heavy atom. The second-order valence-electron chi connectivity index (χ2n) is 11.0. The molecular weight excluding hydrogens is 476 g/mol. The Hall–Kier alpha value is -2.99. The highest BCUT2D eigenvalue weighted by Crippen LogP contribution is 2.32. The van der Waals surface area contributed by atoms with Gasteiger partial charge in [0.05, 0.1) is 26.0 Å². The average Bonchev–Trinajstić information content (AvgIpc) is 2.88. The number of aliphatic imine (C=N–C) groups is 1. The lowest BCUT2D eigenvalue weighted by molar-refractivity contribution is 0.157. The van der Waals surface area contributed by atoms with Gasteiger partial charge in [-0.2, -0.15) is 0 Å². The highest BCUT2D eigenvalue weighted by atomic mass is 16.5. The van der Waals surface area contributed by atoms with E-state index in [9.17, 15) is 0 Å². The van der Waals surface area contributed by atoms with Gasteiger partial charge in [-0.1, -0.05) is 44.6 Å². The van der Waals surface area contributed by atoms with Gasteiger partial charge in [0.25, 0.3) is 0 Å². The van der Waals surface area contributed by atoms with E-state index in [1.165, 1.54) is 5.57 Å². The molecule has 0 heterocycles. The van der Waals surface area contributed by atoms with Crippen molar-refractivity contribution in [1.29, 1.82) is 0 Å². The van der Waals surface area contributed by atoms with E-state index in [0.29, 0.717) is 24.4 Å². The summed E-state index contributed by atoms with van der Waals surface area (Å²) in [5.41, 5.74) is 9.41. The molecule has 6 nitrogen and oxygen atoms in total. The van der Waals surface area contributed by atoms with Crippen LogP contribution in [0.1, 0.15) is 73.1 Å². The highest BCUT2D eigenvalue weighted by Gasteiger charge is 2.23. The fraction of sp³-hybridized carbons (Fsp3) is 0.531. The number of nitrogens with zero attached hydrogens (tertiary/aromatic N) is 1. The number of aliphatic hydroxyl groups is 1. The average molecular weight is 525 g/mol. The lowest BCUT2D eigenvalue weighted by Crippen LogP contribution is -2.20. The Kier molecular flexibility index (Phi) is 13.2. The highest BCUT2D eigenvalue weighted by molar-refractivity contribution is 5.71. The van der Waals surface area contributed by atoms with Crippen LogP contribution in [-0.4, -0.2) is 37.7 Å². The van der Waals surface area contributed by atoms with Gasteiger partial charge in [0.1, 0.15) is 11.5 Å². The smallest absolute Gasteiger partial charge is 0.156 e. The van der Waals surface area contributed by atoms with Crippen LogP contribution in [0.2, 0.25) is 0 Å². The molecule has 0 radical (unpaired) electrons. The van der Waals surface area contributed by atoms with E-state index in [2.05, 4.69) is 50.9 Å². The molecule has 38 heavy (non-hydrogen) atoms. The molecule has 0 saturated heterocycles. The molecular formula is C32H48N2O4. The van der Waals surface area contributed by atoms with E-state index in [1.54, 1.807) is 19.6 Å². The molecule has 6 heteroatoms. The number of hydrogen-bond donors (Lipinski definition) is 2. The van der Waals surface area contributed by atoms with Gasteiger partial charge in [-0.3, -0.25) is 4.99 Å². The molecule has 0 bridgehead atoms. The van der Waals surface area contributed by atoms with E-state index < -0.39 is 0 Å². The van der Waals surface area contributed by atoms with Crippen molar-refractivity contribution in [3.05, 3.63) is 82.9 Å². The van der Waals surface area contributed by atoms with E-state index in [0.717, 1.165) is 60.7 Å². The molecule has 0 saturated carbocycles. The van der Waals surface area contributed by atoms with Crippen molar-refractivity contribution in [3.8, 4) is 0 Å². The summed E-state index contributed by atoms with van der Waals surface area (Å²) in [6.45, 7) is 11.7. The topological polar surface area (TPSA) is 86.3 Å². The SMILES string of the molecule is CC(C)(C)C1C=CC(N)=CC1.COC1=C(OCCCCO)CC(N=C/C=C/OC2=CC=C(C)CC2)C(C)=C1. The van der Waals surface area contributed by atoms with Crippen LogP contribution in [0.5, 0.6) is 0 Å². The summed E-state index contributed by atoms with van der Waals surface area (Å²) in [7, 11) is 1.65. The maximum atomic E-state index is 8.87. The maximum Gasteiger partial charge on any atom is 0.156 e. The van der Waals surface area contributed by atoms with Crippen molar-refractivity contribution in [3.63, 3.8) is 0 Å². The predicted molar refractivity (Wildman–Crippen MR) is 157 cm³/mol. The minimum Gasteiger partial charge on any atom is -0.494 e. The van der Waals surface area contributed by atoms with Gasteiger partial charge in [-0.05, 0) is 80.7 Å². The number of ether oxygens (including phenoxy) is 3. The molecule has 0 amide bonds. The molecule has 0 aromatic carbocycles. The Bertz CT molecular complexity index is 1000. The molecule has 3 aliphatic carbocycles. The molecule has 0 aromatic rings. The van der Waals surface area contributed by atoms with Gasteiger partial charge in [-0.15, -0.1) is 0 Å². The standard InChI is InChI=1S/C22H31NO4.C10H17N/c1-17-7-9-19(10-8-17)26-14-6-11-23-20-16-22(27-13-5-4-12-24)21(25-3)15-18(20)2;1-10(2,3)8-4-6-9(11)7-5-8/h6-7,9,11,14-15,20,24H,4-5,8,10,12-13,16H2,1-3H3;4,6-8H,5,11H2,1-3H3/b14-6+,23-11?;. The number of hydrogen-bond acceptors (Lipinski definition) is 6. The lowest BCUT2D eigenvalue weighted by Gasteiger charge is -2.28. The molecule has 0 aliphatic heterocycles. The van der Waals surface area contributed by atoms with Crippen molar-refractivity contribution < 1.29 is 19.3 Å². The summed E-state index contributed by atoms with van der Waals surface area (Å²) in [4.78, 5) is 4.62. The number of aliphatic hydroxyl groups excluding tert-OH is 1. The van der Waals surface area contributed by atoms with Gasteiger partial charge in [-0.25, -0.2) is 0 Å². The Morgan fingerprint density at radius 1 is 1.16 bits per heavy atom. The van der Waals surface area contributed by atoms with Crippen LogP contribution in [-0.2, 0) is 14.2 Å². The minimum absolute atomic E-state index is 0.0286. The zero-order chi connectivity index (χ0) is 28.0. The van der Waals surface area contributed by atoms with Gasteiger partial charge < -0.3 is 25.1 Å². The Labute approximate surface area is 230 Å². The van der Waals surface area contributed by atoms with Crippen molar-refractivity contribution >= 4 is 6.21 Å². The molecule has 3 rings (SSSR count). The maximum absolute atomic E-state index is 8.87. The third kappa shape index (κ3) is 11.2. The third-order valence-corrected chi connectivity index (χ3v) is 6.80. The Balaban J connectivity index is 0.000000384. The van der Waals surface area contributed by atoms with Gasteiger partial charge in [0.15, 0.2) is 5.76 Å². The van der Waals surface area contributed by atoms with Crippen LogP contribution < -0.4 is 5.73 Å². The molecule has 3 N–H and O–H groups in total. The Morgan fingerprint density at radius 2 is 1.95 bits per heavy atom. The summed E-state index contributed by atoms with van der Waals surface area (Å²) < 4.78 is 16.9. The zero-order valence-corrected chi connectivity index (χ0v) is 24.2. The van der Waals surface area contributed by atoms with E-state index in [4.69, 9.17) is 25.1 Å². The lowest BCUT2D eigenvalue weighted by atomic mass is 9.77. The number of methoxy groups -OCH3 is 1. The fourth-order valence-corrected chi connectivity index (χ4v) is 4.12. The number of allylic oxidation sites excluding steroid dienone is 9. The fourth-order valence-electron chi connectivity index (χ4n) is 4.12. The molecule has 0 spiro atoms. The molecule has 3 aliphatic rings. The van der Waals surface area contributed by atoms with Gasteiger partial charge in [0, 0.05) is 31.4 Å². The quantitative estimate of drug-likeness (QED) is 0.182. The normalized spacial score (nSPS) is 21.9. The summed E-state index contributed by atoms with van der Waals surface area (Å²) in [5.74, 6) is 3.20. The van der Waals surface area contributed by atoms with Crippen LogP contribution in [0.4, 0.5) is 0 Å². The van der Waals surface area contributed by atoms with E-state index >= 15 is 0 Å². The predicted octanol–water partition coefficient (Wildman–Crippen LogP) is 7.03. The first kappa shape index (κ1) is 31.2. The first-order valence-corrected chi connectivity index (χ1v) is 13.7. The third-order valence-electron chi connectivity index (χ3n) is 6.80. The molecule has 0 fully saturated rings. The van der Waals surface area contributed by atoms with Crippen LogP contribution in [0.25, 0.3) is 0 Å². The number of nitrogens with two attached hydrogens (primary N) is 1. The second kappa shape index (κ2) is 16.1. The number of rotatable bonds is 10. The molecule has 2 unspecified atom stereocenters. The van der Waals surface area contributed by atoms with Crippen molar-refractivity contribution in [2.24, 2.45) is 22.1 Å². The van der Waals surface area contributed by atoms with Crippen LogP contribution in [0.3, 0.4) is 0 Å². The molecule has 210 valence electrons. The van der Waals surface area contributed by atoms with Crippen molar-refractivity contribution in [1.82, 2.24) is 0 Å². The number of unbranched alkanes of at least 4 members (excludes halogenated alkanes) is 1. The first-order valence-electron chi connectivity index (χ1n) is 13.7. The van der Waals surface area contributed by atoms with E-state index in [1.807, 2.05) is 31.2 Å². The van der Waals surface area contributed by atoms with Crippen LogP contribution in [0.15, 0.2) is 87.9 Å². The zero-order valence-electron chi connectivity index (χ0n) is 24.2. The van der Waals surface area contributed by atoms with Crippen LogP contribution >= 0.6 is 0 Å². The first-order chi connectivity index (χ1) is 18.1. The molecule has 0 aromatic heterocycles. The van der Waals surface area contributed by atoms with Crippen LogP contribution in [0, 0.1) is 11.3 Å². The van der Waals surface area contributed by atoms with Gasteiger partial charge >= 0.3 is 0 Å². The summed E-state index contributed by atoms with van der Waals surface area (Å²) in [5, 5.41) is 8.87. The second-order valence-corrected chi connectivity index (χ2v) is 11.0. The van der Waals surface area contributed by atoms with E-state index in [-0.39, 0.29) is 12.6 Å².